The highest BCUT2D eigenvalue weighted by atomic mass is 31.2. The third-order valence-corrected chi connectivity index (χ3v) is 19.0. The van der Waals surface area contributed by atoms with Gasteiger partial charge in [-0.15, -0.1) is 0 Å². The van der Waals surface area contributed by atoms with Crippen LogP contribution in [0.1, 0.15) is 295 Å². The lowest BCUT2D eigenvalue weighted by Gasteiger charge is -2.51. The maximum Gasteiger partial charge on any atom is 0.328 e. The lowest BCUT2D eigenvalue weighted by molar-refractivity contribution is -0.151. The van der Waals surface area contributed by atoms with Gasteiger partial charge in [0.25, 0.3) is 0 Å². The molecule has 0 radical (unpaired) electrons. The molecule has 0 spiro atoms. The summed E-state index contributed by atoms with van der Waals surface area (Å²) in [6.45, 7) is 23.3. The van der Waals surface area contributed by atoms with Crippen molar-refractivity contribution in [2.45, 2.75) is 306 Å². The van der Waals surface area contributed by atoms with Crippen LogP contribution in [0.2, 0.25) is 0 Å². The van der Waals surface area contributed by atoms with Crippen molar-refractivity contribution in [2.75, 3.05) is 19.8 Å². The molecular formula is C69H122O12P2. The number of unbranched alkanes of at least 4 members (excludes halogenated alkanes) is 22. The van der Waals surface area contributed by atoms with E-state index in [2.05, 4.69) is 69.2 Å². The predicted molar refractivity (Wildman–Crippen MR) is 344 cm³/mol. The number of hydrogen-bond donors (Lipinski definition) is 6. The first kappa shape index (κ1) is 77.0. The Bertz CT molecular complexity index is 1910. The number of aliphatic hydroxyl groups is 2. The van der Waals surface area contributed by atoms with Crippen LogP contribution in [0.15, 0.2) is 36.4 Å². The molecule has 0 saturated heterocycles. The number of benzene rings is 2. The van der Waals surface area contributed by atoms with Gasteiger partial charge in [0, 0.05) is 12.8 Å². The molecule has 0 saturated carbocycles. The number of aryl methyl sites for hydroxylation is 4. The van der Waals surface area contributed by atoms with Gasteiger partial charge in [-0.2, -0.15) is 0 Å². The van der Waals surface area contributed by atoms with Crippen LogP contribution >= 0.6 is 17.2 Å². The summed E-state index contributed by atoms with van der Waals surface area (Å²) in [6, 6.07) is 10.9. The maximum absolute atomic E-state index is 14.2. The molecule has 0 aliphatic rings. The first-order valence-corrected chi connectivity index (χ1v) is 35.2. The zero-order valence-electron chi connectivity index (χ0n) is 54.5. The SMILES string of the molecule is CCCCCCCCCCCCCCC(CC(C)C(C)(C)C)OC(=O)CCc1cccc(C)c1C(OP(O)O)(c1c(C)cccc1CCC(=O)OC(CCCCCCCCCCCCCC)CC(C)C(C)(C)C)C(CO)(CO)COP(O)O. The number of rotatable bonds is 48. The van der Waals surface area contributed by atoms with Gasteiger partial charge in [-0.1, -0.05) is 247 Å². The van der Waals surface area contributed by atoms with E-state index in [9.17, 15) is 39.4 Å². The van der Waals surface area contributed by atoms with Crippen LogP contribution in [0.5, 0.6) is 0 Å². The van der Waals surface area contributed by atoms with Crippen LogP contribution in [0.3, 0.4) is 0 Å². The van der Waals surface area contributed by atoms with Gasteiger partial charge in [0.15, 0.2) is 0 Å². The van der Waals surface area contributed by atoms with Crippen LogP contribution in [-0.4, -0.2) is 73.8 Å². The van der Waals surface area contributed by atoms with Crippen LogP contribution in [-0.2, 0) is 46.6 Å². The molecule has 0 aromatic heterocycles. The standard InChI is InChI=1S/C69H122O12P2/c1-13-15-17-19-21-23-25-27-29-31-33-35-43-60(49-56(5)66(7,8)9)79-62(72)47-45-58-41-37-39-54(3)64(58)69(81-83(76)77,68(51-70,52-71)53-78-82(74)75)65-55(4)40-38-42-59(65)46-48-63(73)80-61(50-57(6)67(10,11)12)44-36-34-32-30-28-26-24-22-20-18-16-14-2/h37-42,56-57,60-61,70-71,74-77H,13-36,43-53H2,1-12H3. The van der Waals surface area contributed by atoms with Crippen LogP contribution in [0, 0.1) is 41.9 Å². The number of esters is 2. The third-order valence-electron chi connectivity index (χ3n) is 18.2. The third kappa shape index (κ3) is 28.7. The Kier molecular flexibility index (Phi) is 38.9. The molecule has 14 heteroatoms. The molecule has 12 nitrogen and oxygen atoms in total. The Morgan fingerprint density at radius 3 is 1.11 bits per heavy atom. The molecule has 2 aromatic rings. The van der Waals surface area contributed by atoms with Crippen molar-refractivity contribution in [3.8, 4) is 0 Å². The Morgan fingerprint density at radius 1 is 0.494 bits per heavy atom. The summed E-state index contributed by atoms with van der Waals surface area (Å²) < 4.78 is 24.8. The highest BCUT2D eigenvalue weighted by Crippen LogP contribution is 2.58. The van der Waals surface area contributed by atoms with E-state index >= 15 is 0 Å². The van der Waals surface area contributed by atoms with E-state index in [0.717, 1.165) is 64.2 Å². The van der Waals surface area contributed by atoms with Crippen LogP contribution < -0.4 is 0 Å². The molecule has 2 aromatic carbocycles. The molecule has 480 valence electrons. The van der Waals surface area contributed by atoms with E-state index in [-0.39, 0.29) is 72.5 Å². The van der Waals surface area contributed by atoms with Gasteiger partial charge in [-0.3, -0.25) is 14.1 Å². The minimum Gasteiger partial charge on any atom is -0.462 e. The highest BCUT2D eigenvalue weighted by molar-refractivity contribution is 7.39. The number of ether oxygens (including phenoxy) is 2. The van der Waals surface area contributed by atoms with Crippen LogP contribution in [0.25, 0.3) is 0 Å². The summed E-state index contributed by atoms with van der Waals surface area (Å²) in [5.41, 5.74) is -1.30. The normalized spacial score (nSPS) is 14.7. The maximum atomic E-state index is 14.2. The summed E-state index contributed by atoms with van der Waals surface area (Å²) >= 11 is 0. The summed E-state index contributed by atoms with van der Waals surface area (Å²) in [5.74, 6) is -0.196. The molecule has 0 heterocycles. The number of carbonyl (C=O) groups is 2. The minimum absolute atomic E-state index is 0.0103. The Balaban J connectivity index is 2.55. The molecule has 4 unspecified atom stereocenters. The van der Waals surface area contributed by atoms with Crippen molar-refractivity contribution >= 4 is 29.1 Å². The summed E-state index contributed by atoms with van der Waals surface area (Å²) in [6.07, 6.45) is 32.3. The molecule has 0 aliphatic heterocycles. The van der Waals surface area contributed by atoms with E-state index in [0.29, 0.717) is 33.4 Å². The lowest BCUT2D eigenvalue weighted by Crippen LogP contribution is -2.56. The molecule has 0 bridgehead atoms. The first-order valence-electron chi connectivity index (χ1n) is 32.9. The lowest BCUT2D eigenvalue weighted by atomic mass is 9.61. The Morgan fingerprint density at radius 2 is 0.819 bits per heavy atom. The second-order valence-electron chi connectivity index (χ2n) is 27.0. The largest absolute Gasteiger partial charge is 0.462 e. The van der Waals surface area contributed by atoms with Crippen molar-refractivity contribution < 1.29 is 57.9 Å². The fourth-order valence-electron chi connectivity index (χ4n) is 11.8. The quantitative estimate of drug-likeness (QED) is 0.0209. The van der Waals surface area contributed by atoms with Gasteiger partial charge in [0.1, 0.15) is 17.8 Å². The molecule has 2 rings (SSSR count). The molecule has 0 amide bonds. The first-order chi connectivity index (χ1) is 39.4. The average molecular weight is 1210 g/mol. The van der Waals surface area contributed by atoms with Crippen molar-refractivity contribution in [3.05, 3.63) is 69.8 Å². The Hall–Kier alpha value is -2.08. The number of hydrogen-bond acceptors (Lipinski definition) is 12. The molecular weight excluding hydrogens is 1080 g/mol. The topological polar surface area (TPSA) is 192 Å². The second kappa shape index (κ2) is 42.0. The van der Waals surface area contributed by atoms with Gasteiger partial charge >= 0.3 is 29.1 Å². The molecule has 4 atom stereocenters. The van der Waals surface area contributed by atoms with E-state index < -0.39 is 48.0 Å². The Labute approximate surface area is 508 Å². The van der Waals surface area contributed by atoms with Crippen LogP contribution in [0.4, 0.5) is 0 Å². The molecule has 0 fully saturated rings. The van der Waals surface area contributed by atoms with Crippen molar-refractivity contribution in [1.82, 2.24) is 0 Å². The zero-order chi connectivity index (χ0) is 61.9. The van der Waals surface area contributed by atoms with E-state index in [1.807, 2.05) is 24.3 Å². The average Bonchev–Trinajstić information content (AvgIpc) is 1.64. The van der Waals surface area contributed by atoms with Gasteiger partial charge in [-0.25, -0.2) is 0 Å². The van der Waals surface area contributed by atoms with Gasteiger partial charge in [0.2, 0.25) is 0 Å². The molecule has 6 N–H and O–H groups in total. The molecule has 83 heavy (non-hydrogen) atoms. The number of carbonyl (C=O) groups excluding carboxylic acids is 2. The second-order valence-corrected chi connectivity index (χ2v) is 28.4. The summed E-state index contributed by atoms with van der Waals surface area (Å²) in [4.78, 5) is 71.4. The fraction of sp³-hybridized carbons (Fsp3) is 0.797. The summed E-state index contributed by atoms with van der Waals surface area (Å²) in [5, 5.41) is 23.4. The smallest absolute Gasteiger partial charge is 0.328 e. The van der Waals surface area contributed by atoms with Gasteiger partial charge < -0.3 is 43.8 Å². The van der Waals surface area contributed by atoms with E-state index in [1.54, 1.807) is 26.0 Å². The van der Waals surface area contributed by atoms with Crippen molar-refractivity contribution in [3.63, 3.8) is 0 Å². The minimum atomic E-state index is -3.30. The van der Waals surface area contributed by atoms with E-state index in [1.165, 1.54) is 116 Å². The van der Waals surface area contributed by atoms with Crippen molar-refractivity contribution in [2.24, 2.45) is 28.1 Å². The van der Waals surface area contributed by atoms with Gasteiger partial charge in [0.05, 0.1) is 25.2 Å². The molecule has 0 aliphatic carbocycles. The fourth-order valence-corrected chi connectivity index (χ4v) is 12.8. The monoisotopic (exact) mass is 1200 g/mol. The summed E-state index contributed by atoms with van der Waals surface area (Å²) in [7, 11) is -6.34. The zero-order valence-corrected chi connectivity index (χ0v) is 56.3. The predicted octanol–water partition coefficient (Wildman–Crippen LogP) is 18.0. The van der Waals surface area contributed by atoms with E-state index in [4.69, 9.17) is 18.5 Å². The number of aliphatic hydroxyl groups excluding tert-OH is 2. The highest BCUT2D eigenvalue weighted by Gasteiger charge is 2.59. The van der Waals surface area contributed by atoms with Crippen molar-refractivity contribution in [1.29, 1.82) is 0 Å². The van der Waals surface area contributed by atoms with Gasteiger partial charge in [-0.05, 0) is 121 Å².